The molecule has 250 valence electrons. The maximum Gasteiger partial charge on any atom is 0.268 e. The van der Waals surface area contributed by atoms with Crippen LogP contribution in [0.3, 0.4) is 0 Å². The van der Waals surface area contributed by atoms with Crippen molar-refractivity contribution in [3.05, 3.63) is 112 Å². The fourth-order valence-corrected chi connectivity index (χ4v) is 7.25. The number of hydrogen-bond acceptors (Lipinski definition) is 3. The van der Waals surface area contributed by atoms with E-state index >= 15 is 0 Å². The predicted octanol–water partition coefficient (Wildman–Crippen LogP) is 8.19. The molecule has 0 atom stereocenters. The molecule has 49 heavy (non-hydrogen) atoms. The number of carbonyl (C=O) groups excluding carboxylic acids is 2. The van der Waals surface area contributed by atoms with Crippen molar-refractivity contribution in [3.8, 4) is 28.0 Å². The first-order valence-electron chi connectivity index (χ1n) is 15.9. The van der Waals surface area contributed by atoms with Gasteiger partial charge in [-0.3, -0.25) is 9.59 Å². The second-order valence-corrected chi connectivity index (χ2v) is 12.6. The summed E-state index contributed by atoms with van der Waals surface area (Å²) in [5, 5.41) is 8.05. The monoisotopic (exact) mass is 684 g/mol. The summed E-state index contributed by atoms with van der Waals surface area (Å²) in [5.74, 6) is -1.86. The molecule has 0 spiro atoms. The van der Waals surface area contributed by atoms with Crippen molar-refractivity contribution in [3.63, 3.8) is 0 Å². The average molecular weight is 685 g/mol. The number of nitrogens with zero attached hydrogens (tertiary/aromatic N) is 2. The number of fused-ring (bicyclic) bond motifs is 6. The van der Waals surface area contributed by atoms with Crippen LogP contribution in [0.4, 0.5) is 13.2 Å². The number of amides is 2. The number of carbonyl (C=O) groups is 2. The molecule has 0 aliphatic carbocycles. The number of benzene rings is 4. The van der Waals surface area contributed by atoms with E-state index in [4.69, 9.17) is 16.3 Å². The fourth-order valence-electron chi connectivity index (χ4n) is 7.03. The fraction of sp³-hybridized carbons (Fsp3) is 0.211. The van der Waals surface area contributed by atoms with Crippen molar-refractivity contribution in [2.45, 2.75) is 33.4 Å². The first-order chi connectivity index (χ1) is 23.6. The predicted molar refractivity (Wildman–Crippen MR) is 185 cm³/mol. The van der Waals surface area contributed by atoms with Gasteiger partial charge in [0.1, 0.15) is 23.0 Å². The molecular formula is C38H32ClF3N4O3. The topological polar surface area (TPSA) is 77.3 Å². The van der Waals surface area contributed by atoms with Crippen LogP contribution in [-0.4, -0.2) is 41.1 Å². The lowest BCUT2D eigenvalue weighted by molar-refractivity contribution is 0.0925. The van der Waals surface area contributed by atoms with Crippen LogP contribution in [0.2, 0.25) is 5.02 Å². The van der Waals surface area contributed by atoms with E-state index in [-0.39, 0.29) is 11.8 Å². The van der Waals surface area contributed by atoms with Crippen LogP contribution in [-0.2, 0) is 13.1 Å². The number of rotatable bonds is 3. The molecule has 7 nitrogen and oxygen atoms in total. The van der Waals surface area contributed by atoms with Crippen LogP contribution in [0.5, 0.6) is 5.75 Å². The molecule has 2 aromatic heterocycles. The number of methoxy groups -OCH3 is 1. The van der Waals surface area contributed by atoms with Gasteiger partial charge in [0.15, 0.2) is 11.6 Å². The Bertz CT molecular complexity index is 2310. The third-order valence-corrected chi connectivity index (χ3v) is 9.49. The van der Waals surface area contributed by atoms with Crippen LogP contribution < -0.4 is 15.4 Å². The first kappa shape index (κ1) is 32.3. The quantitative estimate of drug-likeness (QED) is 0.197. The number of aromatic nitrogens is 2. The van der Waals surface area contributed by atoms with E-state index in [0.717, 1.165) is 64.1 Å². The van der Waals surface area contributed by atoms with E-state index < -0.39 is 17.5 Å². The molecule has 6 aromatic rings. The summed E-state index contributed by atoms with van der Waals surface area (Å²) in [7, 11) is 1.65. The van der Waals surface area contributed by atoms with Crippen molar-refractivity contribution >= 4 is 45.2 Å². The third kappa shape index (κ3) is 5.59. The average Bonchev–Trinajstić information content (AvgIpc) is 3.44. The highest BCUT2D eigenvalue weighted by atomic mass is 35.5. The van der Waals surface area contributed by atoms with Gasteiger partial charge in [-0.2, -0.15) is 0 Å². The Morgan fingerprint density at radius 2 is 1.29 bits per heavy atom. The normalized spacial score (nSPS) is 14.0. The minimum absolute atomic E-state index is 0.0111. The highest BCUT2D eigenvalue weighted by molar-refractivity contribution is 6.32. The summed E-state index contributed by atoms with van der Waals surface area (Å²) in [6, 6.07) is 18.0. The highest BCUT2D eigenvalue weighted by Crippen LogP contribution is 2.39. The van der Waals surface area contributed by atoms with Crippen molar-refractivity contribution in [2.75, 3.05) is 20.2 Å². The smallest absolute Gasteiger partial charge is 0.268 e. The largest absolute Gasteiger partial charge is 0.497 e. The van der Waals surface area contributed by atoms with Gasteiger partial charge < -0.3 is 24.5 Å². The Morgan fingerprint density at radius 1 is 0.694 bits per heavy atom. The number of nitrogens with one attached hydrogen (secondary N) is 2. The van der Waals surface area contributed by atoms with E-state index in [1.807, 2.05) is 47.9 Å². The Hall–Kier alpha value is -5.22. The Balaban J connectivity index is 0.000000154. The number of ether oxygens (including phenoxy) is 1. The Kier molecular flexibility index (Phi) is 8.36. The molecule has 0 bridgehead atoms. The lowest BCUT2D eigenvalue weighted by Gasteiger charge is -2.18. The van der Waals surface area contributed by atoms with E-state index in [9.17, 15) is 22.8 Å². The molecule has 0 fully saturated rings. The van der Waals surface area contributed by atoms with Gasteiger partial charge >= 0.3 is 0 Å². The second-order valence-electron chi connectivity index (χ2n) is 12.2. The van der Waals surface area contributed by atoms with Crippen molar-refractivity contribution < 1.29 is 27.5 Å². The summed E-state index contributed by atoms with van der Waals surface area (Å²) >= 11 is 6.40. The molecule has 4 aromatic carbocycles. The SMILES string of the molecule is COc1ccc(-c2cc(Cl)cc3c(C)c4n(c23)CCCNC4=O)cc1.Cc1c2n(c3c(-c4ccc(F)c(F)c4)cc(F)cc13)CCNC2=O. The minimum atomic E-state index is -0.996. The van der Waals surface area contributed by atoms with Gasteiger partial charge in [0.25, 0.3) is 11.8 Å². The van der Waals surface area contributed by atoms with Gasteiger partial charge in [0.05, 0.1) is 18.1 Å². The van der Waals surface area contributed by atoms with E-state index in [0.29, 0.717) is 57.9 Å². The summed E-state index contributed by atoms with van der Waals surface area (Å²) in [4.78, 5) is 24.7. The molecule has 11 heteroatoms. The maximum absolute atomic E-state index is 14.1. The molecular weight excluding hydrogens is 653 g/mol. The Labute approximate surface area is 285 Å². The zero-order valence-electron chi connectivity index (χ0n) is 27.0. The lowest BCUT2D eigenvalue weighted by Crippen LogP contribution is -2.35. The van der Waals surface area contributed by atoms with Crippen LogP contribution in [0, 0.1) is 31.3 Å². The molecule has 8 rings (SSSR count). The van der Waals surface area contributed by atoms with Crippen LogP contribution >= 0.6 is 11.6 Å². The molecule has 0 saturated heterocycles. The number of aryl methyl sites for hydroxylation is 3. The molecule has 2 aliphatic rings. The molecule has 2 N–H and O–H groups in total. The van der Waals surface area contributed by atoms with E-state index in [1.54, 1.807) is 14.0 Å². The maximum atomic E-state index is 14.1. The summed E-state index contributed by atoms with van der Waals surface area (Å²) in [6.45, 7) is 6.26. The minimum Gasteiger partial charge on any atom is -0.497 e. The Morgan fingerprint density at radius 3 is 1.94 bits per heavy atom. The molecule has 4 heterocycles. The van der Waals surface area contributed by atoms with Crippen LogP contribution in [0.25, 0.3) is 44.1 Å². The molecule has 0 unspecified atom stereocenters. The highest BCUT2D eigenvalue weighted by Gasteiger charge is 2.27. The summed E-state index contributed by atoms with van der Waals surface area (Å²) in [6.07, 6.45) is 0.909. The van der Waals surface area contributed by atoms with E-state index in [2.05, 4.69) is 15.2 Å². The molecule has 2 amide bonds. The first-order valence-corrected chi connectivity index (χ1v) is 16.3. The summed E-state index contributed by atoms with van der Waals surface area (Å²) < 4.78 is 50.2. The van der Waals surface area contributed by atoms with Gasteiger partial charge in [-0.1, -0.05) is 29.8 Å². The van der Waals surface area contributed by atoms with Gasteiger partial charge in [0.2, 0.25) is 0 Å². The summed E-state index contributed by atoms with van der Waals surface area (Å²) in [5.41, 5.74) is 7.49. The number of hydrogen-bond donors (Lipinski definition) is 2. The molecule has 0 radical (unpaired) electrons. The zero-order valence-corrected chi connectivity index (χ0v) is 27.8. The van der Waals surface area contributed by atoms with Crippen molar-refractivity contribution in [1.29, 1.82) is 0 Å². The van der Waals surface area contributed by atoms with Crippen LogP contribution in [0.1, 0.15) is 38.5 Å². The van der Waals surface area contributed by atoms with Crippen molar-refractivity contribution in [1.82, 2.24) is 19.8 Å². The number of halogens is 4. The lowest BCUT2D eigenvalue weighted by atomic mass is 10.0. The standard InChI is InChI=1S/C20H19ClN2O2.C18H13F3N2O/c1-12-16-10-14(21)11-17(13-4-6-15(25-2)7-5-13)19(16)23-9-3-8-22-20(24)18(12)23;1-9-12-7-11(19)8-13(10-2-3-14(20)15(21)6-10)17(12)23-5-4-22-18(24)16(9)23/h4-7,10-11H,3,8-9H2,1-2H3,(H,22,24);2-3,6-8H,4-5H2,1H3,(H,22,24). The van der Waals surface area contributed by atoms with Gasteiger partial charge in [0, 0.05) is 53.1 Å². The van der Waals surface area contributed by atoms with Crippen LogP contribution in [0.15, 0.2) is 66.7 Å². The molecule has 2 aliphatic heterocycles. The third-order valence-electron chi connectivity index (χ3n) is 9.27. The van der Waals surface area contributed by atoms with Gasteiger partial charge in [-0.25, -0.2) is 13.2 Å². The van der Waals surface area contributed by atoms with Crippen molar-refractivity contribution in [2.24, 2.45) is 0 Å². The molecule has 0 saturated carbocycles. The second kappa shape index (κ2) is 12.7. The zero-order chi connectivity index (χ0) is 34.6. The van der Waals surface area contributed by atoms with Gasteiger partial charge in [-0.15, -0.1) is 0 Å². The van der Waals surface area contributed by atoms with E-state index in [1.165, 1.54) is 18.2 Å². The van der Waals surface area contributed by atoms with Gasteiger partial charge in [-0.05, 0) is 91.1 Å².